The summed E-state index contributed by atoms with van der Waals surface area (Å²) in [5, 5.41) is 30.6. The van der Waals surface area contributed by atoms with Gasteiger partial charge in [0.25, 0.3) is 0 Å². The number of hydrogen-bond acceptors (Lipinski definition) is 19. The van der Waals surface area contributed by atoms with Crippen LogP contribution >= 0.6 is 0 Å². The highest BCUT2D eigenvalue weighted by Crippen LogP contribution is 2.43. The molecule has 480 valence electrons. The highest BCUT2D eigenvalue weighted by Gasteiger charge is 2.55. The summed E-state index contributed by atoms with van der Waals surface area (Å²) in [5.74, 6) is -6.72. The van der Waals surface area contributed by atoms with E-state index in [0.717, 1.165) is 16.5 Å². The zero-order chi connectivity index (χ0) is 64.4. The maximum absolute atomic E-state index is 15.3. The highest BCUT2D eigenvalue weighted by atomic mass is 16.7. The van der Waals surface area contributed by atoms with Gasteiger partial charge in [-0.25, -0.2) is 14.4 Å². The zero-order valence-corrected chi connectivity index (χ0v) is 53.4. The Hall–Kier alpha value is -6.78. The first-order valence-electron chi connectivity index (χ1n) is 30.8. The number of aliphatic hydroxyl groups is 2. The van der Waals surface area contributed by atoms with Crippen molar-refractivity contribution in [2.75, 3.05) is 27.8 Å². The standard InChI is InChI=1S/C70H89N3O16/c1-14-55-70(10,79)60(74)44(4)57(72-89-66(78)51-32-22-17-23-33-51)42(2)39-69(9,81-36-26-27-48-38-52-34-24-25-35-53(52)71-41-48)61(88-67-59(54(73(11)12)37-43(3)82-67)86-64(76)49-28-18-15-19-29-49)45(5)58(46(6)63(75)84-55)85-56-40-68(8,80-13)62(47(7)83-56)87-65(77)50-30-20-16-21-31-50/h15-35,38,41-47,54-56,58-62,67,74,79H,14,36-37,39-40H2,1-13H3/b27-26+,72-57+/t42-,43+,44-,45-,46+,47-,54-,55+,56?,58-,59+,60+,61+,62-,67-,68+,69+,70+/m0/s1. The van der Waals surface area contributed by atoms with E-state index in [4.69, 9.17) is 47.5 Å². The lowest BCUT2D eigenvalue weighted by molar-refractivity contribution is -0.319. The molecule has 4 aromatic carbocycles. The molecular weight excluding hydrogens is 1140 g/mol. The third-order valence-electron chi connectivity index (χ3n) is 17.9. The van der Waals surface area contributed by atoms with E-state index >= 15 is 4.79 Å². The van der Waals surface area contributed by atoms with Gasteiger partial charge in [0, 0.05) is 42.9 Å². The zero-order valence-electron chi connectivity index (χ0n) is 53.4. The number of ether oxygens (including phenoxy) is 9. The van der Waals surface area contributed by atoms with E-state index in [0.29, 0.717) is 17.5 Å². The Morgan fingerprint density at radius 3 is 1.94 bits per heavy atom. The van der Waals surface area contributed by atoms with Gasteiger partial charge in [-0.1, -0.05) is 118 Å². The minimum absolute atomic E-state index is 0.000502. The minimum Gasteiger partial charge on any atom is -0.459 e. The van der Waals surface area contributed by atoms with Crippen LogP contribution in [0.1, 0.15) is 132 Å². The van der Waals surface area contributed by atoms with Gasteiger partial charge >= 0.3 is 23.9 Å². The predicted molar refractivity (Wildman–Crippen MR) is 334 cm³/mol. The second-order valence-electron chi connectivity index (χ2n) is 25.0. The van der Waals surface area contributed by atoms with Crippen molar-refractivity contribution in [1.82, 2.24) is 9.88 Å². The molecule has 1 unspecified atom stereocenters. The minimum atomic E-state index is -2.12. The summed E-state index contributed by atoms with van der Waals surface area (Å²) >= 11 is 0. The summed E-state index contributed by atoms with van der Waals surface area (Å²) in [4.78, 5) is 69.4. The predicted octanol–water partition coefficient (Wildman–Crippen LogP) is 10.4. The molecule has 0 spiro atoms. The molecule has 18 atom stereocenters. The van der Waals surface area contributed by atoms with E-state index in [1.54, 1.807) is 132 Å². The largest absolute Gasteiger partial charge is 0.459 e. The van der Waals surface area contributed by atoms with Crippen LogP contribution in [0.15, 0.2) is 139 Å². The number of rotatable bonds is 17. The summed E-state index contributed by atoms with van der Waals surface area (Å²) in [6.45, 7) is 17.4. The van der Waals surface area contributed by atoms with E-state index in [1.807, 2.05) is 89.2 Å². The van der Waals surface area contributed by atoms with E-state index < -0.39 is 132 Å². The normalized spacial score (nSPS) is 33.7. The van der Waals surface area contributed by atoms with Gasteiger partial charge in [-0.2, -0.15) is 0 Å². The summed E-state index contributed by atoms with van der Waals surface area (Å²) in [6.07, 6.45) is -5.08. The summed E-state index contributed by atoms with van der Waals surface area (Å²) < 4.78 is 60.9. The number of aromatic nitrogens is 1. The fourth-order valence-electron chi connectivity index (χ4n) is 12.9. The van der Waals surface area contributed by atoms with Crippen LogP contribution < -0.4 is 0 Å². The Morgan fingerprint density at radius 2 is 1.34 bits per heavy atom. The summed E-state index contributed by atoms with van der Waals surface area (Å²) in [6, 6.07) is 34.9. The molecular formula is C70H89N3O16. The van der Waals surface area contributed by atoms with Gasteiger partial charge in [0.2, 0.25) is 0 Å². The van der Waals surface area contributed by atoms with Crippen LogP contribution in [0, 0.1) is 23.7 Å². The van der Waals surface area contributed by atoms with Gasteiger partial charge in [0.1, 0.15) is 17.3 Å². The monoisotopic (exact) mass is 1230 g/mol. The molecule has 19 heteroatoms. The number of likely N-dealkylation sites (N-methyl/N-ethyl adjacent to an activating group) is 1. The van der Waals surface area contributed by atoms with Gasteiger partial charge in [0.05, 0.1) is 82.6 Å². The van der Waals surface area contributed by atoms with Crippen molar-refractivity contribution in [1.29, 1.82) is 0 Å². The second kappa shape index (κ2) is 29.9. The number of benzene rings is 4. The number of hydrogen-bond donors (Lipinski definition) is 2. The molecule has 3 saturated heterocycles. The van der Waals surface area contributed by atoms with Crippen molar-refractivity contribution in [3.8, 4) is 0 Å². The molecule has 0 amide bonds. The fraction of sp³-hybridized carbons (Fsp3) is 0.514. The van der Waals surface area contributed by atoms with Gasteiger partial charge < -0.3 is 62.6 Å². The van der Waals surface area contributed by atoms with Gasteiger partial charge in [-0.3, -0.25) is 9.78 Å². The number of pyridine rings is 1. The molecule has 4 heterocycles. The summed E-state index contributed by atoms with van der Waals surface area (Å²) in [5.41, 5.74) is -2.20. The van der Waals surface area contributed by atoms with Crippen LogP contribution in [0.2, 0.25) is 0 Å². The number of cyclic esters (lactones) is 1. The van der Waals surface area contributed by atoms with Crippen LogP contribution in [-0.4, -0.2) is 162 Å². The smallest absolute Gasteiger partial charge is 0.365 e. The van der Waals surface area contributed by atoms with Crippen LogP contribution in [0.4, 0.5) is 0 Å². The lowest BCUT2D eigenvalue weighted by Crippen LogP contribution is -2.62. The lowest BCUT2D eigenvalue weighted by Gasteiger charge is -2.50. The van der Waals surface area contributed by atoms with E-state index in [2.05, 4.69) is 10.1 Å². The Bertz CT molecular complexity index is 3220. The maximum Gasteiger partial charge on any atom is 0.365 e. The van der Waals surface area contributed by atoms with E-state index in [9.17, 15) is 24.6 Å². The topological polar surface area (TPSA) is 230 Å². The molecule has 0 aliphatic carbocycles. The molecule has 8 rings (SSSR count). The molecule has 3 aliphatic rings. The average Bonchev–Trinajstić information content (AvgIpc) is 2.34. The van der Waals surface area contributed by atoms with Crippen LogP contribution in [-0.2, 0) is 52.3 Å². The number of aliphatic hydroxyl groups excluding tert-OH is 1. The molecule has 0 bridgehead atoms. The van der Waals surface area contributed by atoms with Crippen LogP contribution in [0.25, 0.3) is 17.0 Å². The first-order chi connectivity index (χ1) is 42.4. The number of carbonyl (C=O) groups is 4. The van der Waals surface area contributed by atoms with Crippen LogP contribution in [0.5, 0.6) is 0 Å². The second-order valence-corrected chi connectivity index (χ2v) is 25.0. The van der Waals surface area contributed by atoms with Gasteiger partial charge in [-0.15, -0.1) is 0 Å². The third-order valence-corrected chi connectivity index (χ3v) is 17.9. The van der Waals surface area contributed by atoms with Crippen molar-refractivity contribution < 1.29 is 76.9 Å². The molecule has 3 aliphatic heterocycles. The van der Waals surface area contributed by atoms with Gasteiger partial charge in [0.15, 0.2) is 24.8 Å². The number of carbonyl (C=O) groups excluding carboxylic acids is 4. The molecule has 1 aromatic heterocycles. The number of methoxy groups -OCH3 is 1. The summed E-state index contributed by atoms with van der Waals surface area (Å²) in [7, 11) is 5.30. The molecule has 2 N–H and O–H groups in total. The number of nitrogens with zero attached hydrogens (tertiary/aromatic N) is 3. The quantitative estimate of drug-likeness (QED) is 0.0382. The first-order valence-corrected chi connectivity index (χ1v) is 30.8. The Morgan fingerprint density at radius 1 is 0.742 bits per heavy atom. The SMILES string of the molecule is CC[C@H]1OC(=O)[C@H](C)[C@@H](OC2C[C@@](C)(OC)[C@@H](OC(=O)c3ccccc3)[C@H](C)O2)[C@H](C)[C@@H](O[C@@H]2O[C@H](C)C[C@H](N(C)C)[C@H]2OC(=O)c2ccccc2)[C@](C)(OC/C=C/c2cnc3ccccc3c2)C[C@H](C)/C(=N\OC(=O)c2ccccc2)[C@H](C)[C@@H](O)[C@]1(C)O. The van der Waals surface area contributed by atoms with Crippen molar-refractivity contribution in [2.45, 2.75) is 179 Å². The maximum atomic E-state index is 15.3. The average molecular weight is 1230 g/mol. The van der Waals surface area contributed by atoms with Crippen molar-refractivity contribution in [3.63, 3.8) is 0 Å². The number of fused-ring (bicyclic) bond motifs is 1. The van der Waals surface area contributed by atoms with E-state index in [-0.39, 0.29) is 37.1 Å². The van der Waals surface area contributed by atoms with Crippen molar-refractivity contribution in [2.24, 2.45) is 28.8 Å². The van der Waals surface area contributed by atoms with Gasteiger partial charge in [-0.05, 0) is 129 Å². The number of oxime groups is 1. The molecule has 0 radical (unpaired) electrons. The molecule has 3 fully saturated rings. The van der Waals surface area contributed by atoms with Crippen molar-refractivity contribution in [3.05, 3.63) is 156 Å². The van der Waals surface area contributed by atoms with Crippen LogP contribution in [0.3, 0.4) is 0 Å². The Kier molecular flexibility index (Phi) is 22.9. The first kappa shape index (κ1) is 68.1. The third kappa shape index (κ3) is 16.2. The molecule has 5 aromatic rings. The Balaban J connectivity index is 1.29. The fourth-order valence-corrected chi connectivity index (χ4v) is 12.9. The van der Waals surface area contributed by atoms with Crippen molar-refractivity contribution >= 4 is 46.6 Å². The highest BCUT2D eigenvalue weighted by molar-refractivity contribution is 5.93. The lowest BCUT2D eigenvalue weighted by atomic mass is 9.73. The number of para-hydroxylation sites is 1. The molecule has 19 nitrogen and oxygen atoms in total. The Labute approximate surface area is 522 Å². The van der Waals surface area contributed by atoms with E-state index in [1.165, 1.54) is 14.0 Å². The molecule has 0 saturated carbocycles. The molecule has 89 heavy (non-hydrogen) atoms. The number of esters is 3.